The number of rotatable bonds is 4. The maximum atomic E-state index is 12.0. The zero-order valence-corrected chi connectivity index (χ0v) is 15.8. The van der Waals surface area contributed by atoms with Gasteiger partial charge < -0.3 is 14.8 Å². The van der Waals surface area contributed by atoms with E-state index in [0.29, 0.717) is 22.4 Å². The number of para-hydroxylation sites is 1. The highest BCUT2D eigenvalue weighted by Gasteiger charge is 2.40. The van der Waals surface area contributed by atoms with Gasteiger partial charge in [-0.15, -0.1) is 0 Å². The molecule has 2 aromatic rings. The van der Waals surface area contributed by atoms with Gasteiger partial charge in [-0.2, -0.15) is 0 Å². The van der Waals surface area contributed by atoms with Gasteiger partial charge in [-0.1, -0.05) is 59.2 Å². The molecule has 2 aromatic carbocycles. The Kier molecular flexibility index (Phi) is 5.92. The van der Waals surface area contributed by atoms with E-state index in [1.807, 2.05) is 37.3 Å². The summed E-state index contributed by atoms with van der Waals surface area (Å²) in [6, 6.07) is 14.5. The van der Waals surface area contributed by atoms with Crippen LogP contribution in [0.15, 0.2) is 48.5 Å². The highest BCUT2D eigenvalue weighted by atomic mass is 35.5. The lowest BCUT2D eigenvalue weighted by Crippen LogP contribution is -2.25. The van der Waals surface area contributed by atoms with Gasteiger partial charge in [0.25, 0.3) is 5.24 Å². The number of halogens is 2. The van der Waals surface area contributed by atoms with Crippen molar-refractivity contribution in [3.05, 3.63) is 64.1 Å². The molecule has 7 heteroatoms. The molecule has 0 radical (unpaired) electrons. The number of amides is 1. The third kappa shape index (κ3) is 4.68. The third-order valence-electron chi connectivity index (χ3n) is 3.78. The van der Waals surface area contributed by atoms with E-state index in [1.165, 1.54) is 0 Å². The highest BCUT2D eigenvalue weighted by Crippen LogP contribution is 2.39. The first kappa shape index (κ1) is 18.5. The van der Waals surface area contributed by atoms with Crippen LogP contribution in [0.5, 0.6) is 0 Å². The van der Waals surface area contributed by atoms with Crippen molar-refractivity contribution < 1.29 is 14.3 Å². The molecule has 0 saturated carbocycles. The summed E-state index contributed by atoms with van der Waals surface area (Å²) in [5.41, 5.74) is 1.49. The van der Waals surface area contributed by atoms with Crippen LogP contribution < -0.4 is 5.32 Å². The maximum absolute atomic E-state index is 12.0. The summed E-state index contributed by atoms with van der Waals surface area (Å²) in [7, 11) is 0. The van der Waals surface area contributed by atoms with E-state index in [2.05, 4.69) is 5.32 Å². The summed E-state index contributed by atoms with van der Waals surface area (Å²) in [5, 5.41) is 3.74. The van der Waals surface area contributed by atoms with Gasteiger partial charge in [-0.25, -0.2) is 0 Å². The number of ether oxygens (including phenoxy) is 2. The topological polar surface area (TPSA) is 47.6 Å². The second-order valence-corrected chi connectivity index (χ2v) is 7.55. The molecule has 132 valence electrons. The number of thioether (sulfide) groups is 1. The molecule has 2 atom stereocenters. The minimum absolute atomic E-state index is 0.132. The van der Waals surface area contributed by atoms with E-state index in [0.717, 1.165) is 23.0 Å². The van der Waals surface area contributed by atoms with E-state index in [1.54, 1.807) is 18.2 Å². The molecule has 0 aliphatic carbocycles. The monoisotopic (exact) mass is 397 g/mol. The smallest absolute Gasteiger partial charge is 0.283 e. The lowest BCUT2D eigenvalue weighted by atomic mass is 10.1. The van der Waals surface area contributed by atoms with E-state index in [-0.39, 0.29) is 11.3 Å². The lowest BCUT2D eigenvalue weighted by molar-refractivity contribution is -0.159. The Morgan fingerprint density at radius 3 is 2.76 bits per heavy atom. The van der Waals surface area contributed by atoms with E-state index >= 15 is 0 Å². The summed E-state index contributed by atoms with van der Waals surface area (Å²) in [6.45, 7) is 2.21. The quantitative estimate of drug-likeness (QED) is 0.734. The molecule has 0 spiro atoms. The number of carbonyl (C=O) groups is 1. The molecule has 1 heterocycles. The van der Waals surface area contributed by atoms with Crippen LogP contribution in [0.25, 0.3) is 0 Å². The van der Waals surface area contributed by atoms with Crippen LogP contribution in [0, 0.1) is 0 Å². The number of benzene rings is 2. The Bertz CT molecular complexity index is 759. The molecule has 0 unspecified atom stereocenters. The van der Waals surface area contributed by atoms with Crippen LogP contribution in [-0.4, -0.2) is 23.7 Å². The Balaban J connectivity index is 1.55. The maximum Gasteiger partial charge on any atom is 0.283 e. The fraction of sp³-hybridized carbons (Fsp3) is 0.278. The fourth-order valence-corrected chi connectivity index (χ4v) is 3.83. The van der Waals surface area contributed by atoms with Crippen molar-refractivity contribution in [2.75, 3.05) is 17.7 Å². The number of nitrogens with one attached hydrogen (secondary N) is 1. The predicted molar refractivity (Wildman–Crippen MR) is 103 cm³/mol. The van der Waals surface area contributed by atoms with Crippen molar-refractivity contribution in [1.82, 2.24) is 0 Å². The number of hydrogen-bond acceptors (Lipinski definition) is 4. The summed E-state index contributed by atoms with van der Waals surface area (Å²) in [5.74, 6) is -0.456. The Labute approximate surface area is 160 Å². The Morgan fingerprint density at radius 1 is 1.28 bits per heavy atom. The highest BCUT2D eigenvalue weighted by molar-refractivity contribution is 8.13. The molecule has 3 rings (SSSR count). The standard InChI is InChI=1S/C18H17Cl2NO3S/c1-18(15-8-7-12(19)9-16(15)20)23-10-14(24-18)11-25-17(22)21-13-5-3-2-4-6-13/h2-9,14H,10-11H2,1H3,(H,21,22)/t14-,18-/m0/s1. The van der Waals surface area contributed by atoms with Gasteiger partial charge in [-0.3, -0.25) is 4.79 Å². The van der Waals surface area contributed by atoms with Crippen LogP contribution in [0.3, 0.4) is 0 Å². The molecule has 0 aromatic heterocycles. The summed E-state index contributed by atoms with van der Waals surface area (Å²) >= 11 is 13.3. The largest absolute Gasteiger partial charge is 0.343 e. The van der Waals surface area contributed by atoms with Crippen molar-refractivity contribution in [3.8, 4) is 0 Å². The van der Waals surface area contributed by atoms with Crippen molar-refractivity contribution in [2.45, 2.75) is 18.8 Å². The van der Waals surface area contributed by atoms with Crippen LogP contribution >= 0.6 is 35.0 Å². The molecular formula is C18H17Cl2NO3S. The van der Waals surface area contributed by atoms with Crippen molar-refractivity contribution >= 4 is 45.9 Å². The van der Waals surface area contributed by atoms with Crippen LogP contribution in [0.1, 0.15) is 12.5 Å². The first-order valence-corrected chi connectivity index (χ1v) is 9.46. The number of anilines is 1. The van der Waals surface area contributed by atoms with E-state index in [9.17, 15) is 4.79 Å². The molecule has 1 aliphatic heterocycles. The summed E-state index contributed by atoms with van der Waals surface area (Å²) < 4.78 is 11.8. The van der Waals surface area contributed by atoms with E-state index < -0.39 is 5.79 Å². The number of carbonyl (C=O) groups excluding carboxylic acids is 1. The summed E-state index contributed by atoms with van der Waals surface area (Å²) in [4.78, 5) is 12.0. The van der Waals surface area contributed by atoms with Crippen molar-refractivity contribution in [1.29, 1.82) is 0 Å². The molecule has 1 saturated heterocycles. The predicted octanol–water partition coefficient (Wildman–Crippen LogP) is 5.55. The van der Waals surface area contributed by atoms with Crippen LogP contribution in [0.4, 0.5) is 10.5 Å². The van der Waals surface area contributed by atoms with Crippen LogP contribution in [0.2, 0.25) is 10.0 Å². The zero-order valence-electron chi connectivity index (χ0n) is 13.5. The molecule has 4 nitrogen and oxygen atoms in total. The van der Waals surface area contributed by atoms with Crippen molar-refractivity contribution in [3.63, 3.8) is 0 Å². The van der Waals surface area contributed by atoms with Gasteiger partial charge in [0.05, 0.1) is 17.7 Å². The normalized spacial score (nSPS) is 22.8. The first-order valence-electron chi connectivity index (χ1n) is 7.72. The van der Waals surface area contributed by atoms with Crippen molar-refractivity contribution in [2.24, 2.45) is 0 Å². The lowest BCUT2D eigenvalue weighted by Gasteiger charge is -2.25. The van der Waals surface area contributed by atoms with Gasteiger partial charge in [0, 0.05) is 22.0 Å². The van der Waals surface area contributed by atoms with Gasteiger partial charge >= 0.3 is 0 Å². The second kappa shape index (κ2) is 7.98. The van der Waals surface area contributed by atoms with Gasteiger partial charge in [0.15, 0.2) is 5.79 Å². The number of hydrogen-bond donors (Lipinski definition) is 1. The minimum Gasteiger partial charge on any atom is -0.343 e. The summed E-state index contributed by atoms with van der Waals surface area (Å²) in [6.07, 6.45) is -0.205. The molecule has 1 amide bonds. The SMILES string of the molecule is C[C@]1(c2ccc(Cl)cc2Cl)OC[C@@H](CSC(=O)Nc2ccccc2)O1. The van der Waals surface area contributed by atoms with E-state index in [4.69, 9.17) is 32.7 Å². The molecular weight excluding hydrogens is 381 g/mol. The second-order valence-electron chi connectivity index (χ2n) is 5.71. The molecule has 0 bridgehead atoms. The fourth-order valence-electron chi connectivity index (χ4n) is 2.56. The Hall–Kier alpha value is -1.24. The Morgan fingerprint density at radius 2 is 2.04 bits per heavy atom. The average Bonchev–Trinajstić information content (AvgIpc) is 2.96. The van der Waals surface area contributed by atoms with Gasteiger partial charge in [0.2, 0.25) is 0 Å². The van der Waals surface area contributed by atoms with Gasteiger partial charge in [0.1, 0.15) is 0 Å². The first-order chi connectivity index (χ1) is 12.0. The molecule has 1 fully saturated rings. The minimum atomic E-state index is -0.942. The zero-order chi connectivity index (χ0) is 17.9. The average molecular weight is 398 g/mol. The molecule has 25 heavy (non-hydrogen) atoms. The third-order valence-corrected chi connectivity index (χ3v) is 5.23. The molecule has 1 aliphatic rings. The molecule has 1 N–H and O–H groups in total. The van der Waals surface area contributed by atoms with Gasteiger partial charge in [-0.05, 0) is 31.2 Å². The van der Waals surface area contributed by atoms with Crippen LogP contribution in [-0.2, 0) is 15.3 Å².